The van der Waals surface area contributed by atoms with E-state index in [1.165, 1.54) is 16.7 Å². The van der Waals surface area contributed by atoms with Gasteiger partial charge in [-0.3, -0.25) is 0 Å². The highest BCUT2D eigenvalue weighted by atomic mass is 79.9. The molecule has 1 aliphatic heterocycles. The molecule has 0 spiro atoms. The fourth-order valence-corrected chi connectivity index (χ4v) is 2.85. The summed E-state index contributed by atoms with van der Waals surface area (Å²) in [6.07, 6.45) is 1.09. The number of fused-ring (bicyclic) bond motifs is 1. The minimum absolute atomic E-state index is 0.0900. The smallest absolute Gasteiger partial charge is 0.169 e. The SMILES string of the molecule is CCCNC(c1ccc2c(c1)COC2)c1ccc(Br)o1. The largest absolute Gasteiger partial charge is 0.452 e. The molecule has 1 aromatic carbocycles. The van der Waals surface area contributed by atoms with Gasteiger partial charge in [-0.1, -0.05) is 25.1 Å². The van der Waals surface area contributed by atoms with Gasteiger partial charge in [0.1, 0.15) is 5.76 Å². The van der Waals surface area contributed by atoms with Gasteiger partial charge in [-0.2, -0.15) is 0 Å². The Kier molecular flexibility index (Phi) is 4.24. The summed E-state index contributed by atoms with van der Waals surface area (Å²) in [6.45, 7) is 4.57. The van der Waals surface area contributed by atoms with Crippen molar-refractivity contribution >= 4 is 15.9 Å². The van der Waals surface area contributed by atoms with Gasteiger partial charge in [0.05, 0.1) is 19.3 Å². The summed E-state index contributed by atoms with van der Waals surface area (Å²) >= 11 is 3.38. The van der Waals surface area contributed by atoms with Crippen molar-refractivity contribution in [1.82, 2.24) is 5.32 Å². The lowest BCUT2D eigenvalue weighted by Gasteiger charge is -2.17. The lowest BCUT2D eigenvalue weighted by atomic mass is 9.99. The first-order chi connectivity index (χ1) is 9.78. The third-order valence-corrected chi connectivity index (χ3v) is 3.98. The van der Waals surface area contributed by atoms with E-state index in [9.17, 15) is 0 Å². The molecule has 0 fully saturated rings. The number of benzene rings is 1. The monoisotopic (exact) mass is 335 g/mol. The predicted molar refractivity (Wildman–Crippen MR) is 81.5 cm³/mol. The van der Waals surface area contributed by atoms with Crippen molar-refractivity contribution < 1.29 is 9.15 Å². The first-order valence-electron chi connectivity index (χ1n) is 6.96. The normalized spacial score (nSPS) is 15.3. The third kappa shape index (κ3) is 2.82. The Morgan fingerprint density at radius 3 is 2.80 bits per heavy atom. The van der Waals surface area contributed by atoms with Gasteiger partial charge < -0.3 is 14.5 Å². The van der Waals surface area contributed by atoms with Crippen LogP contribution in [-0.2, 0) is 18.0 Å². The van der Waals surface area contributed by atoms with Crippen molar-refractivity contribution in [2.75, 3.05) is 6.54 Å². The number of hydrogen-bond acceptors (Lipinski definition) is 3. The number of hydrogen-bond donors (Lipinski definition) is 1. The zero-order chi connectivity index (χ0) is 13.9. The molecule has 3 rings (SSSR count). The quantitative estimate of drug-likeness (QED) is 0.890. The molecule has 1 aliphatic rings. The maximum absolute atomic E-state index is 5.74. The minimum atomic E-state index is 0.0900. The van der Waals surface area contributed by atoms with E-state index in [0.29, 0.717) is 6.61 Å². The van der Waals surface area contributed by atoms with E-state index in [1.54, 1.807) is 0 Å². The van der Waals surface area contributed by atoms with Crippen LogP contribution in [0.15, 0.2) is 39.4 Å². The summed E-state index contributed by atoms with van der Waals surface area (Å²) < 4.78 is 12.0. The summed E-state index contributed by atoms with van der Waals surface area (Å²) in [7, 11) is 0. The Balaban J connectivity index is 1.92. The molecule has 2 aromatic rings. The van der Waals surface area contributed by atoms with Crippen LogP contribution in [0.4, 0.5) is 0 Å². The Morgan fingerprint density at radius 2 is 2.05 bits per heavy atom. The van der Waals surface area contributed by atoms with E-state index < -0.39 is 0 Å². The fraction of sp³-hybridized carbons (Fsp3) is 0.375. The summed E-state index contributed by atoms with van der Waals surface area (Å²) in [5.74, 6) is 0.934. The summed E-state index contributed by atoms with van der Waals surface area (Å²) in [6, 6.07) is 10.6. The summed E-state index contributed by atoms with van der Waals surface area (Å²) in [5.41, 5.74) is 3.81. The van der Waals surface area contributed by atoms with E-state index in [4.69, 9.17) is 9.15 Å². The van der Waals surface area contributed by atoms with Crippen molar-refractivity contribution in [1.29, 1.82) is 0 Å². The lowest BCUT2D eigenvalue weighted by molar-refractivity contribution is 0.134. The fourth-order valence-electron chi connectivity index (χ4n) is 2.53. The van der Waals surface area contributed by atoms with Crippen molar-refractivity contribution in [3.63, 3.8) is 0 Å². The Labute approximate surface area is 127 Å². The molecule has 106 valence electrons. The van der Waals surface area contributed by atoms with E-state index in [-0.39, 0.29) is 6.04 Å². The van der Waals surface area contributed by atoms with Crippen LogP contribution in [0.5, 0.6) is 0 Å². The number of furan rings is 1. The zero-order valence-corrected chi connectivity index (χ0v) is 13.1. The highest BCUT2D eigenvalue weighted by molar-refractivity contribution is 9.10. The number of halogens is 1. The van der Waals surface area contributed by atoms with Crippen LogP contribution in [0.1, 0.15) is 41.8 Å². The highest BCUT2D eigenvalue weighted by Crippen LogP contribution is 2.29. The molecule has 0 radical (unpaired) electrons. The van der Waals surface area contributed by atoms with E-state index in [2.05, 4.69) is 46.4 Å². The van der Waals surface area contributed by atoms with Crippen LogP contribution in [0.3, 0.4) is 0 Å². The van der Waals surface area contributed by atoms with Crippen molar-refractivity contribution in [3.8, 4) is 0 Å². The predicted octanol–water partition coefficient (Wildman–Crippen LogP) is 4.16. The molecule has 0 aliphatic carbocycles. The number of ether oxygens (including phenoxy) is 1. The first kappa shape index (κ1) is 13.9. The minimum Gasteiger partial charge on any atom is -0.452 e. The van der Waals surface area contributed by atoms with Gasteiger partial charge >= 0.3 is 0 Å². The van der Waals surface area contributed by atoms with Crippen LogP contribution >= 0.6 is 15.9 Å². The van der Waals surface area contributed by atoms with Gasteiger partial charge in [-0.05, 0) is 57.7 Å². The lowest BCUT2D eigenvalue weighted by Crippen LogP contribution is -2.22. The summed E-state index contributed by atoms with van der Waals surface area (Å²) in [4.78, 5) is 0. The number of nitrogens with one attached hydrogen (secondary N) is 1. The first-order valence-corrected chi connectivity index (χ1v) is 7.75. The topological polar surface area (TPSA) is 34.4 Å². The molecule has 4 heteroatoms. The Morgan fingerprint density at radius 1 is 1.20 bits per heavy atom. The molecule has 0 saturated heterocycles. The molecule has 0 bridgehead atoms. The van der Waals surface area contributed by atoms with Crippen molar-refractivity contribution in [3.05, 3.63) is 57.5 Å². The van der Waals surface area contributed by atoms with E-state index in [1.807, 2.05) is 12.1 Å². The Bertz CT molecular complexity index is 594. The molecule has 2 heterocycles. The number of rotatable bonds is 5. The maximum atomic E-state index is 5.74. The third-order valence-electron chi connectivity index (χ3n) is 3.56. The molecule has 1 aromatic heterocycles. The molecule has 1 unspecified atom stereocenters. The van der Waals surface area contributed by atoms with Crippen LogP contribution in [-0.4, -0.2) is 6.54 Å². The second kappa shape index (κ2) is 6.12. The molecular formula is C16H18BrNO2. The van der Waals surface area contributed by atoms with Crippen molar-refractivity contribution in [2.45, 2.75) is 32.6 Å². The van der Waals surface area contributed by atoms with E-state index in [0.717, 1.165) is 30.0 Å². The zero-order valence-electron chi connectivity index (χ0n) is 11.5. The van der Waals surface area contributed by atoms with Gasteiger partial charge in [0.2, 0.25) is 0 Å². The van der Waals surface area contributed by atoms with Gasteiger partial charge in [-0.25, -0.2) is 0 Å². The molecule has 1 atom stereocenters. The van der Waals surface area contributed by atoms with Crippen LogP contribution in [0.2, 0.25) is 0 Å². The van der Waals surface area contributed by atoms with Gasteiger partial charge in [-0.15, -0.1) is 0 Å². The molecule has 0 saturated carbocycles. The van der Waals surface area contributed by atoms with Crippen molar-refractivity contribution in [2.24, 2.45) is 0 Å². The highest BCUT2D eigenvalue weighted by Gasteiger charge is 2.20. The summed E-state index contributed by atoms with van der Waals surface area (Å²) in [5, 5.41) is 3.55. The van der Waals surface area contributed by atoms with Crippen LogP contribution < -0.4 is 5.32 Å². The van der Waals surface area contributed by atoms with E-state index >= 15 is 0 Å². The Hall–Kier alpha value is -1.10. The second-order valence-electron chi connectivity index (χ2n) is 5.05. The standard InChI is InChI=1S/C16H18BrNO2/c1-2-7-18-16(14-5-6-15(17)20-14)11-3-4-12-9-19-10-13(12)8-11/h3-6,8,16,18H,2,7,9-10H2,1H3. The molecular weight excluding hydrogens is 318 g/mol. The van der Waals surface area contributed by atoms with Gasteiger partial charge in [0.25, 0.3) is 0 Å². The molecule has 0 amide bonds. The molecule has 3 nitrogen and oxygen atoms in total. The average molecular weight is 336 g/mol. The molecule has 20 heavy (non-hydrogen) atoms. The average Bonchev–Trinajstić information content (AvgIpc) is 3.07. The van der Waals surface area contributed by atoms with Gasteiger partial charge in [0, 0.05) is 0 Å². The van der Waals surface area contributed by atoms with Crippen LogP contribution in [0.25, 0.3) is 0 Å². The molecule has 1 N–H and O–H groups in total. The van der Waals surface area contributed by atoms with Crippen LogP contribution in [0, 0.1) is 0 Å². The second-order valence-corrected chi connectivity index (χ2v) is 5.83. The van der Waals surface area contributed by atoms with Gasteiger partial charge in [0.15, 0.2) is 4.67 Å². The maximum Gasteiger partial charge on any atom is 0.169 e.